The summed E-state index contributed by atoms with van der Waals surface area (Å²) in [5.74, 6) is 1.08. The van der Waals surface area contributed by atoms with E-state index in [0.29, 0.717) is 22.7 Å². The van der Waals surface area contributed by atoms with Gasteiger partial charge in [-0.25, -0.2) is 9.55 Å². The van der Waals surface area contributed by atoms with Gasteiger partial charge in [-0.05, 0) is 47.9 Å². The van der Waals surface area contributed by atoms with Gasteiger partial charge in [-0.15, -0.1) is 0 Å². The topological polar surface area (TPSA) is 91.7 Å². The first-order valence-electron chi connectivity index (χ1n) is 9.68. The number of phenols is 1. The van der Waals surface area contributed by atoms with Crippen molar-refractivity contribution in [2.75, 3.05) is 11.6 Å². The SMILES string of the molecule is Cc1c(OP(=O)(O)CNc2ccccn2)c(C)c(C(C)(C)C)c(O)c1C(C)(C)C. The van der Waals surface area contributed by atoms with Crippen LogP contribution >= 0.6 is 7.60 Å². The maximum atomic E-state index is 12.8. The Kier molecular flexibility index (Phi) is 6.41. The fourth-order valence-electron chi connectivity index (χ4n) is 3.78. The zero-order chi connectivity index (χ0) is 22.2. The number of phenolic OH excluding ortho intramolecular Hbond substituents is 1. The Morgan fingerprint density at radius 1 is 1.03 bits per heavy atom. The molecule has 0 aliphatic heterocycles. The third kappa shape index (κ3) is 5.31. The minimum Gasteiger partial charge on any atom is -0.507 e. The fraction of sp³-hybridized carbons (Fsp3) is 0.500. The predicted molar refractivity (Wildman–Crippen MR) is 118 cm³/mol. The van der Waals surface area contributed by atoms with E-state index in [2.05, 4.69) is 10.3 Å². The monoisotopic (exact) mass is 420 g/mol. The second-order valence-corrected chi connectivity index (χ2v) is 11.2. The number of aromatic nitrogens is 1. The van der Waals surface area contributed by atoms with E-state index >= 15 is 0 Å². The summed E-state index contributed by atoms with van der Waals surface area (Å²) in [6.45, 7) is 15.7. The summed E-state index contributed by atoms with van der Waals surface area (Å²) in [4.78, 5) is 14.6. The second-order valence-electron chi connectivity index (χ2n) is 9.46. The molecule has 3 N–H and O–H groups in total. The Bertz CT molecular complexity index is 888. The van der Waals surface area contributed by atoms with Crippen LogP contribution in [0.15, 0.2) is 24.4 Å². The van der Waals surface area contributed by atoms with Gasteiger partial charge in [0.25, 0.3) is 0 Å². The molecule has 160 valence electrons. The summed E-state index contributed by atoms with van der Waals surface area (Å²) in [5, 5.41) is 13.9. The highest BCUT2D eigenvalue weighted by atomic mass is 31.2. The van der Waals surface area contributed by atoms with Crippen LogP contribution in [0.25, 0.3) is 0 Å². The number of nitrogens with one attached hydrogen (secondary N) is 1. The molecule has 2 rings (SSSR count). The van der Waals surface area contributed by atoms with Crippen LogP contribution in [0.2, 0.25) is 0 Å². The van der Waals surface area contributed by atoms with Crippen LogP contribution in [-0.4, -0.2) is 21.3 Å². The number of anilines is 1. The molecule has 1 aromatic carbocycles. The minimum absolute atomic E-state index is 0.228. The Labute approximate surface area is 173 Å². The largest absolute Gasteiger partial charge is 0.507 e. The van der Waals surface area contributed by atoms with Gasteiger partial charge >= 0.3 is 7.60 Å². The van der Waals surface area contributed by atoms with Crippen LogP contribution < -0.4 is 9.84 Å². The van der Waals surface area contributed by atoms with Crippen molar-refractivity contribution in [1.82, 2.24) is 4.98 Å². The molecule has 1 aromatic heterocycles. The van der Waals surface area contributed by atoms with E-state index in [1.165, 1.54) is 0 Å². The van der Waals surface area contributed by atoms with Crippen molar-refractivity contribution in [2.24, 2.45) is 0 Å². The normalized spacial score (nSPS) is 14.4. The molecule has 0 saturated carbocycles. The first-order valence-corrected chi connectivity index (χ1v) is 11.4. The number of hydrogen-bond acceptors (Lipinski definition) is 5. The van der Waals surface area contributed by atoms with Crippen molar-refractivity contribution < 1.29 is 19.1 Å². The van der Waals surface area contributed by atoms with Crippen molar-refractivity contribution in [3.05, 3.63) is 46.6 Å². The molecule has 1 heterocycles. The van der Waals surface area contributed by atoms with Crippen LogP contribution in [-0.2, 0) is 15.4 Å². The third-order valence-corrected chi connectivity index (χ3v) is 5.79. The van der Waals surface area contributed by atoms with Gasteiger partial charge in [0.1, 0.15) is 23.6 Å². The first-order chi connectivity index (χ1) is 13.1. The second kappa shape index (κ2) is 8.00. The predicted octanol–water partition coefficient (Wildman–Crippen LogP) is 5.63. The number of rotatable bonds is 5. The van der Waals surface area contributed by atoms with Gasteiger partial charge < -0.3 is 19.8 Å². The lowest BCUT2D eigenvalue weighted by Gasteiger charge is -2.32. The molecule has 2 aromatic rings. The van der Waals surface area contributed by atoms with Crippen molar-refractivity contribution in [3.8, 4) is 11.5 Å². The van der Waals surface area contributed by atoms with E-state index in [1.54, 1.807) is 24.4 Å². The van der Waals surface area contributed by atoms with Gasteiger partial charge in [0.15, 0.2) is 0 Å². The molecule has 0 aliphatic rings. The molecule has 0 aliphatic carbocycles. The summed E-state index contributed by atoms with van der Waals surface area (Å²) >= 11 is 0. The average molecular weight is 420 g/mol. The summed E-state index contributed by atoms with van der Waals surface area (Å²) in [7, 11) is -4.03. The zero-order valence-corrected chi connectivity index (χ0v) is 19.5. The van der Waals surface area contributed by atoms with Crippen LogP contribution in [0, 0.1) is 13.8 Å². The molecule has 0 saturated heterocycles. The van der Waals surface area contributed by atoms with Gasteiger partial charge in [-0.2, -0.15) is 0 Å². The van der Waals surface area contributed by atoms with E-state index in [-0.39, 0.29) is 22.9 Å². The number of benzene rings is 1. The molecule has 6 nitrogen and oxygen atoms in total. The summed E-state index contributed by atoms with van der Waals surface area (Å²) in [5.41, 5.74) is 2.05. The maximum Gasteiger partial charge on any atom is 0.395 e. The fourth-order valence-corrected chi connectivity index (χ4v) is 4.77. The number of nitrogens with zero attached hydrogens (tertiary/aromatic N) is 1. The van der Waals surface area contributed by atoms with E-state index in [9.17, 15) is 14.6 Å². The molecule has 0 bridgehead atoms. The molecule has 0 spiro atoms. The highest BCUT2D eigenvalue weighted by Gasteiger charge is 2.34. The van der Waals surface area contributed by atoms with Gasteiger partial charge in [-0.3, -0.25) is 0 Å². The standard InChI is InChI=1S/C22H33N2O4P/c1-14-17(21(3,4)5)19(25)18(22(6,7)8)15(2)20(14)28-29(26,27)13-24-16-11-9-10-12-23-16/h9-12,25H,13H2,1-8H3,(H,23,24)(H,26,27). The summed E-state index contributed by atoms with van der Waals surface area (Å²) in [6, 6.07) is 5.27. The van der Waals surface area contributed by atoms with Crippen molar-refractivity contribution in [3.63, 3.8) is 0 Å². The third-order valence-electron chi connectivity index (χ3n) is 4.76. The molecule has 0 amide bonds. The Morgan fingerprint density at radius 3 is 1.97 bits per heavy atom. The lowest BCUT2D eigenvalue weighted by Crippen LogP contribution is -2.21. The first kappa shape index (κ1) is 23.2. The van der Waals surface area contributed by atoms with Gasteiger partial charge in [0, 0.05) is 17.3 Å². The molecule has 1 atom stereocenters. The lowest BCUT2D eigenvalue weighted by atomic mass is 9.75. The van der Waals surface area contributed by atoms with Crippen LogP contribution in [0.4, 0.5) is 5.82 Å². The lowest BCUT2D eigenvalue weighted by molar-refractivity contribution is 0.373. The molecule has 7 heteroatoms. The van der Waals surface area contributed by atoms with E-state index < -0.39 is 7.60 Å². The molecule has 0 radical (unpaired) electrons. The molecular formula is C22H33N2O4P. The van der Waals surface area contributed by atoms with Crippen molar-refractivity contribution >= 4 is 13.4 Å². The summed E-state index contributed by atoms with van der Waals surface area (Å²) < 4.78 is 18.6. The van der Waals surface area contributed by atoms with Crippen LogP contribution in [0.5, 0.6) is 11.5 Å². The minimum atomic E-state index is -4.03. The van der Waals surface area contributed by atoms with Crippen LogP contribution in [0.3, 0.4) is 0 Å². The molecule has 1 unspecified atom stereocenters. The summed E-state index contributed by atoms with van der Waals surface area (Å²) in [6.07, 6.45) is 1.32. The quantitative estimate of drug-likeness (QED) is 0.543. The zero-order valence-electron chi connectivity index (χ0n) is 18.6. The Morgan fingerprint density at radius 2 is 1.55 bits per heavy atom. The van der Waals surface area contributed by atoms with E-state index in [0.717, 1.165) is 11.1 Å². The average Bonchev–Trinajstić information content (AvgIpc) is 2.55. The van der Waals surface area contributed by atoms with Gasteiger partial charge in [-0.1, -0.05) is 47.6 Å². The van der Waals surface area contributed by atoms with Crippen molar-refractivity contribution in [2.45, 2.75) is 66.2 Å². The maximum absolute atomic E-state index is 12.8. The Balaban J connectivity index is 2.52. The number of pyridine rings is 1. The van der Waals surface area contributed by atoms with Crippen LogP contribution in [0.1, 0.15) is 63.8 Å². The number of hydrogen-bond donors (Lipinski definition) is 3. The van der Waals surface area contributed by atoms with Gasteiger partial charge in [0.05, 0.1) is 0 Å². The van der Waals surface area contributed by atoms with Crippen molar-refractivity contribution in [1.29, 1.82) is 0 Å². The van der Waals surface area contributed by atoms with Gasteiger partial charge in [0.2, 0.25) is 0 Å². The highest BCUT2D eigenvalue weighted by molar-refractivity contribution is 7.53. The Hall–Kier alpha value is -2.04. The molecule has 29 heavy (non-hydrogen) atoms. The number of aromatic hydroxyl groups is 1. The van der Waals surface area contributed by atoms with E-state index in [4.69, 9.17) is 4.52 Å². The molecular weight excluding hydrogens is 387 g/mol. The van der Waals surface area contributed by atoms with E-state index in [1.807, 2.05) is 55.4 Å². The highest BCUT2D eigenvalue weighted by Crippen LogP contribution is 2.51. The molecule has 0 fully saturated rings. The smallest absolute Gasteiger partial charge is 0.395 e.